The second-order valence-electron chi connectivity index (χ2n) is 10.8. The van der Waals surface area contributed by atoms with Gasteiger partial charge in [-0.25, -0.2) is 4.98 Å². The van der Waals surface area contributed by atoms with Crippen molar-refractivity contribution in [2.75, 3.05) is 76.0 Å². The molecule has 4 heterocycles. The fourth-order valence-electron chi connectivity index (χ4n) is 5.83. The van der Waals surface area contributed by atoms with Crippen LogP contribution in [0, 0.1) is 0 Å². The van der Waals surface area contributed by atoms with Crippen molar-refractivity contribution in [2.24, 2.45) is 0 Å². The van der Waals surface area contributed by atoms with Gasteiger partial charge in [0.15, 0.2) is 5.82 Å². The third kappa shape index (κ3) is 5.99. The predicted octanol–water partition coefficient (Wildman–Crippen LogP) is 4.76. The molecule has 1 amide bonds. The Hall–Kier alpha value is -3.93. The number of anilines is 5. The van der Waals surface area contributed by atoms with E-state index in [0.717, 1.165) is 53.5 Å². The van der Waals surface area contributed by atoms with Crippen molar-refractivity contribution in [2.45, 2.75) is 18.9 Å². The van der Waals surface area contributed by atoms with Gasteiger partial charge in [-0.1, -0.05) is 12.1 Å². The van der Waals surface area contributed by atoms with Crippen LogP contribution in [0.2, 0.25) is 0 Å². The van der Waals surface area contributed by atoms with E-state index >= 15 is 0 Å². The lowest BCUT2D eigenvalue weighted by molar-refractivity contribution is 0.0964. The number of nitrogens with zero attached hydrogens (tertiary/aromatic N) is 5. The number of hydrogen-bond acceptors (Lipinski definition) is 10. The lowest BCUT2D eigenvalue weighted by atomic mass is 10.0. The molecule has 220 valence electrons. The highest BCUT2D eigenvalue weighted by Gasteiger charge is 2.27. The number of likely N-dealkylation sites (N-methyl/N-ethyl adjacent to an activating group) is 1. The Morgan fingerprint density at radius 1 is 0.952 bits per heavy atom. The number of piperazine rings is 1. The fourth-order valence-corrected chi connectivity index (χ4v) is 6.61. The van der Waals surface area contributed by atoms with Crippen LogP contribution >= 0.6 is 11.3 Å². The van der Waals surface area contributed by atoms with Crippen LogP contribution in [0.25, 0.3) is 10.2 Å². The van der Waals surface area contributed by atoms with Gasteiger partial charge in [-0.2, -0.15) is 4.98 Å². The van der Waals surface area contributed by atoms with Crippen LogP contribution in [0.3, 0.4) is 0 Å². The molecule has 2 aromatic heterocycles. The number of nitrogens with one attached hydrogen (secondary N) is 3. The zero-order valence-electron chi connectivity index (χ0n) is 24.4. The summed E-state index contributed by atoms with van der Waals surface area (Å²) in [5.41, 5.74) is 3.99. The summed E-state index contributed by atoms with van der Waals surface area (Å²) in [5.74, 6) is 1.65. The molecule has 6 rings (SSSR count). The van der Waals surface area contributed by atoms with Crippen LogP contribution < -0.4 is 25.6 Å². The van der Waals surface area contributed by atoms with Crippen molar-refractivity contribution in [3.63, 3.8) is 0 Å². The quantitative estimate of drug-likeness (QED) is 0.270. The first-order valence-electron chi connectivity index (χ1n) is 14.5. The van der Waals surface area contributed by atoms with Gasteiger partial charge in [0.25, 0.3) is 5.91 Å². The van der Waals surface area contributed by atoms with Crippen molar-refractivity contribution < 1.29 is 9.53 Å². The van der Waals surface area contributed by atoms with Crippen LogP contribution in [0.15, 0.2) is 53.9 Å². The average molecular weight is 587 g/mol. The van der Waals surface area contributed by atoms with E-state index in [1.165, 1.54) is 25.9 Å². The third-order valence-corrected chi connectivity index (χ3v) is 9.18. The molecule has 2 saturated heterocycles. The number of piperidine rings is 1. The van der Waals surface area contributed by atoms with Gasteiger partial charge in [0.1, 0.15) is 5.75 Å². The Morgan fingerprint density at radius 2 is 1.74 bits per heavy atom. The topological polar surface area (TPSA) is 97.9 Å². The molecular formula is C31H38N8O2S. The minimum Gasteiger partial charge on any atom is -0.494 e. The summed E-state index contributed by atoms with van der Waals surface area (Å²) in [6, 6.07) is 16.3. The average Bonchev–Trinajstić information content (AvgIpc) is 3.51. The monoisotopic (exact) mass is 586 g/mol. The van der Waals surface area contributed by atoms with E-state index in [0.29, 0.717) is 29.1 Å². The molecular weight excluding hydrogens is 548 g/mol. The lowest BCUT2D eigenvalue weighted by Crippen LogP contribution is -2.52. The number of methoxy groups -OCH3 is 1. The van der Waals surface area contributed by atoms with Crippen molar-refractivity contribution in [3.8, 4) is 5.75 Å². The summed E-state index contributed by atoms with van der Waals surface area (Å²) < 4.78 is 6.72. The van der Waals surface area contributed by atoms with Crippen molar-refractivity contribution in [1.29, 1.82) is 0 Å². The summed E-state index contributed by atoms with van der Waals surface area (Å²) in [5, 5.41) is 11.4. The van der Waals surface area contributed by atoms with Crippen LogP contribution in [0.4, 0.5) is 28.8 Å². The standard InChI is InChI=1S/C31H38N8O2S/c1-32-30(40)23-6-4-5-7-24(23)33-29-28-26(12-19-42-28)35-31(36-29)34-25-9-8-22(20-27(25)41-3)38-13-10-21(11-14-38)39-17-15-37(2)16-18-39/h4-9,12,19-21H,10-11,13-18H2,1-3H3,(H,32,40)(H2,33,34,35,36). The maximum absolute atomic E-state index is 12.4. The van der Waals surface area contributed by atoms with E-state index in [2.05, 4.69) is 49.8 Å². The predicted molar refractivity (Wildman–Crippen MR) is 171 cm³/mol. The van der Waals surface area contributed by atoms with E-state index in [4.69, 9.17) is 14.7 Å². The summed E-state index contributed by atoms with van der Waals surface area (Å²) in [6.45, 7) is 6.75. The minimum atomic E-state index is -0.165. The first-order valence-corrected chi connectivity index (χ1v) is 15.4. The molecule has 0 bridgehead atoms. The molecule has 0 unspecified atom stereocenters. The normalized spacial score (nSPS) is 16.9. The number of rotatable bonds is 8. The number of aromatic nitrogens is 2. The summed E-state index contributed by atoms with van der Waals surface area (Å²) in [6.07, 6.45) is 2.36. The van der Waals surface area contributed by atoms with E-state index in [9.17, 15) is 4.79 Å². The van der Waals surface area contributed by atoms with Gasteiger partial charge in [-0.15, -0.1) is 11.3 Å². The van der Waals surface area contributed by atoms with Crippen LogP contribution in [0.1, 0.15) is 23.2 Å². The number of hydrogen-bond donors (Lipinski definition) is 3. The summed E-state index contributed by atoms with van der Waals surface area (Å²) in [7, 11) is 5.53. The van der Waals surface area contributed by atoms with E-state index in [1.54, 1.807) is 31.6 Å². The molecule has 0 aliphatic carbocycles. The second kappa shape index (κ2) is 12.5. The molecule has 0 radical (unpaired) electrons. The van der Waals surface area contributed by atoms with Gasteiger partial charge in [0.05, 0.1) is 34.3 Å². The van der Waals surface area contributed by atoms with E-state index < -0.39 is 0 Å². The zero-order chi connectivity index (χ0) is 29.1. The van der Waals surface area contributed by atoms with Gasteiger partial charge in [-0.3, -0.25) is 9.69 Å². The number of ether oxygens (including phenoxy) is 1. The maximum Gasteiger partial charge on any atom is 0.253 e. The Bertz CT molecular complexity index is 1540. The molecule has 0 saturated carbocycles. The van der Waals surface area contributed by atoms with Gasteiger partial charge < -0.3 is 30.5 Å². The SMILES string of the molecule is CNC(=O)c1ccccc1Nc1nc(Nc2ccc(N3CCC(N4CCN(C)CC4)CC3)cc2OC)nc2ccsc12. The van der Waals surface area contributed by atoms with Gasteiger partial charge in [0.2, 0.25) is 5.95 Å². The Morgan fingerprint density at radius 3 is 2.50 bits per heavy atom. The van der Waals surface area contributed by atoms with Crippen molar-refractivity contribution >= 4 is 56.3 Å². The highest BCUT2D eigenvalue weighted by molar-refractivity contribution is 7.17. The highest BCUT2D eigenvalue weighted by atomic mass is 32.1. The molecule has 2 aromatic carbocycles. The van der Waals surface area contributed by atoms with Gasteiger partial charge in [-0.05, 0) is 55.6 Å². The smallest absolute Gasteiger partial charge is 0.253 e. The van der Waals surface area contributed by atoms with Gasteiger partial charge in [0, 0.05) is 64.1 Å². The van der Waals surface area contributed by atoms with Gasteiger partial charge >= 0.3 is 0 Å². The largest absolute Gasteiger partial charge is 0.494 e. The number of fused-ring (bicyclic) bond motifs is 1. The maximum atomic E-state index is 12.4. The number of benzene rings is 2. The Labute approximate surface area is 250 Å². The molecule has 42 heavy (non-hydrogen) atoms. The molecule has 4 aromatic rings. The lowest BCUT2D eigenvalue weighted by Gasteiger charge is -2.42. The zero-order valence-corrected chi connectivity index (χ0v) is 25.2. The first kappa shape index (κ1) is 28.2. The van der Waals surface area contributed by atoms with Crippen LogP contribution in [0.5, 0.6) is 5.75 Å². The first-order chi connectivity index (χ1) is 20.5. The number of carbonyl (C=O) groups is 1. The van der Waals surface area contributed by atoms with E-state index in [-0.39, 0.29) is 5.91 Å². The summed E-state index contributed by atoms with van der Waals surface area (Å²) >= 11 is 1.55. The van der Waals surface area contributed by atoms with Crippen molar-refractivity contribution in [3.05, 3.63) is 59.5 Å². The molecule has 2 fully saturated rings. The number of amides is 1. The van der Waals surface area contributed by atoms with E-state index in [1.807, 2.05) is 35.7 Å². The molecule has 11 heteroatoms. The summed E-state index contributed by atoms with van der Waals surface area (Å²) in [4.78, 5) is 29.5. The molecule has 2 aliphatic heterocycles. The number of para-hydroxylation sites is 1. The third-order valence-electron chi connectivity index (χ3n) is 8.27. The van der Waals surface area contributed by atoms with Crippen molar-refractivity contribution in [1.82, 2.24) is 25.1 Å². The number of thiophene rings is 1. The second-order valence-corrected chi connectivity index (χ2v) is 11.8. The Kier molecular flexibility index (Phi) is 8.41. The fraction of sp³-hybridized carbons (Fsp3) is 0.387. The molecule has 2 aliphatic rings. The molecule has 0 spiro atoms. The molecule has 0 atom stereocenters. The molecule has 3 N–H and O–H groups in total. The minimum absolute atomic E-state index is 0.165. The molecule has 10 nitrogen and oxygen atoms in total. The highest BCUT2D eigenvalue weighted by Crippen LogP contribution is 2.35. The Balaban J connectivity index is 1.19. The van der Waals surface area contributed by atoms with Crippen LogP contribution in [-0.4, -0.2) is 92.2 Å². The van der Waals surface area contributed by atoms with Crippen LogP contribution in [-0.2, 0) is 0 Å². The number of carbonyl (C=O) groups excluding carboxylic acids is 1.